The molecule has 0 atom stereocenters. The molecule has 0 aliphatic rings. The molecule has 0 radical (unpaired) electrons. The Morgan fingerprint density at radius 3 is 1.40 bits per heavy atom. The zero-order chi connectivity index (χ0) is 3.58. The van der Waals surface area contributed by atoms with Crippen LogP contribution in [0, 0.1) is 0 Å². The Morgan fingerprint density at radius 1 is 1.40 bits per heavy atom. The van der Waals surface area contributed by atoms with Gasteiger partial charge in [-0.05, 0) is 0 Å². The van der Waals surface area contributed by atoms with Gasteiger partial charge in [-0.1, -0.05) is 0 Å². The van der Waals surface area contributed by atoms with Crippen LogP contribution in [0.2, 0.25) is 0 Å². The first-order chi connectivity index (χ1) is 1.73. The molecular weight excluding hydrogens is 159 g/mol. The molecule has 0 heterocycles. The van der Waals surface area contributed by atoms with Gasteiger partial charge in [0.05, 0.1) is 0 Å². The minimum atomic E-state index is -2.61. The quantitative estimate of drug-likeness (QED) is 0.347. The summed E-state index contributed by atoms with van der Waals surface area (Å²) in [6.45, 7) is 0. The van der Waals surface area contributed by atoms with Crippen LogP contribution in [0.5, 0.6) is 0 Å². The average Bonchev–Trinajstić information content (AvgIpc) is 0.811. The van der Waals surface area contributed by atoms with E-state index in [4.69, 9.17) is 13.3 Å². The Morgan fingerprint density at radius 2 is 1.40 bits per heavy atom. The maximum atomic E-state index is 8.67. The summed E-state index contributed by atoms with van der Waals surface area (Å²) >= 11 is -2.61. The van der Waals surface area contributed by atoms with E-state index in [-0.39, 0.29) is 17.1 Å². The van der Waals surface area contributed by atoms with Crippen LogP contribution in [0.25, 0.3) is 0 Å². The molecule has 0 spiro atoms. The molecule has 0 aromatic heterocycles. The van der Waals surface area contributed by atoms with Gasteiger partial charge in [0.1, 0.15) is 0 Å². The summed E-state index contributed by atoms with van der Waals surface area (Å²) in [6.07, 6.45) is 0. The topological polar surface area (TPSA) is 57.5 Å². The minimum absolute atomic E-state index is 0. The van der Waals surface area contributed by atoms with E-state index in [1.54, 1.807) is 0 Å². The second-order valence-electron chi connectivity index (χ2n) is 0.231. The summed E-state index contributed by atoms with van der Waals surface area (Å²) in [4.78, 5) is 0. The molecule has 0 saturated carbocycles. The molecule has 0 rings (SSSR count). The van der Waals surface area contributed by atoms with Crippen molar-refractivity contribution in [1.82, 2.24) is 0 Å². The van der Waals surface area contributed by atoms with Gasteiger partial charge in [-0.25, -0.2) is 0 Å². The van der Waals surface area contributed by atoms with Crippen molar-refractivity contribution in [3.05, 3.63) is 0 Å². The molecule has 0 fully saturated rings. The summed E-state index contributed by atoms with van der Waals surface area (Å²) in [5, 5.41) is 0. The molecule has 0 aromatic rings. The molecule has 0 saturated heterocycles. The van der Waals surface area contributed by atoms with Gasteiger partial charge in [0.25, 0.3) is 11.4 Å². The number of hydrogen-bond donors (Lipinski definition) is 2. The van der Waals surface area contributed by atoms with Crippen LogP contribution in [0.3, 0.4) is 0 Å². The Labute approximate surface area is 42.4 Å². The predicted molar refractivity (Wildman–Crippen MR) is 21.9 cm³/mol. The van der Waals surface area contributed by atoms with Crippen molar-refractivity contribution in [2.24, 2.45) is 0 Å². The third-order valence-electron chi connectivity index (χ3n) is 0. The van der Waals surface area contributed by atoms with E-state index in [0.29, 0.717) is 0 Å². The van der Waals surface area contributed by atoms with Gasteiger partial charge < -0.3 is 0 Å². The van der Waals surface area contributed by atoms with Gasteiger partial charge in [0.15, 0.2) is 0 Å². The van der Waals surface area contributed by atoms with Gasteiger partial charge in [-0.3, -0.25) is 9.11 Å². The van der Waals surface area contributed by atoms with Crippen LogP contribution in [-0.4, -0.2) is 30.4 Å². The van der Waals surface area contributed by atoms with E-state index in [9.17, 15) is 0 Å². The van der Waals surface area contributed by atoms with E-state index in [1.165, 1.54) is 0 Å². The van der Waals surface area contributed by atoms with Gasteiger partial charge in [-0.2, -0.15) is 4.21 Å². The molecule has 34 valence electrons. The van der Waals surface area contributed by atoms with Crippen molar-refractivity contribution in [3.63, 3.8) is 0 Å². The fourth-order valence-corrected chi connectivity index (χ4v) is 0. The standard InChI is InChI=1S/H2O3S.H2Se/c1-4(2)3;/h(H2,1,2,3);1H2. The Kier molecular flexibility index (Phi) is 8.39. The maximum absolute atomic E-state index is 8.67. The monoisotopic (exact) mass is 164 g/mol. The first-order valence-corrected chi connectivity index (χ1v) is 1.60. The molecular formula is H4O3SSe. The zero-order valence-corrected chi connectivity index (χ0v) is 5.13. The second-order valence-corrected chi connectivity index (χ2v) is 0.692. The fraction of sp³-hybridized carbons (Fsp3) is 0. The van der Waals surface area contributed by atoms with Gasteiger partial charge in [0, 0.05) is 0 Å². The predicted octanol–water partition coefficient (Wildman–Crippen LogP) is -1.24. The summed E-state index contributed by atoms with van der Waals surface area (Å²) in [6, 6.07) is 0. The van der Waals surface area contributed by atoms with Crippen LogP contribution in [0.1, 0.15) is 0 Å². The molecule has 0 amide bonds. The van der Waals surface area contributed by atoms with Crippen molar-refractivity contribution >= 4 is 28.4 Å². The van der Waals surface area contributed by atoms with Crippen molar-refractivity contribution in [2.45, 2.75) is 0 Å². The summed E-state index contributed by atoms with van der Waals surface area (Å²) in [5.41, 5.74) is 0. The van der Waals surface area contributed by atoms with E-state index in [2.05, 4.69) is 0 Å². The SMILES string of the molecule is O=S(O)O.[SeH2]. The summed E-state index contributed by atoms with van der Waals surface area (Å²) < 4.78 is 22.8. The van der Waals surface area contributed by atoms with Crippen molar-refractivity contribution in [1.29, 1.82) is 0 Å². The van der Waals surface area contributed by atoms with Crippen molar-refractivity contribution in [3.8, 4) is 0 Å². The molecule has 0 aliphatic heterocycles. The Hall–Kier alpha value is 0.589. The Balaban J connectivity index is 0. The van der Waals surface area contributed by atoms with E-state index in [0.717, 1.165) is 0 Å². The number of rotatable bonds is 0. The molecule has 0 aromatic carbocycles. The zero-order valence-electron chi connectivity index (χ0n) is 2.21. The van der Waals surface area contributed by atoms with E-state index >= 15 is 0 Å². The van der Waals surface area contributed by atoms with Crippen LogP contribution in [0.4, 0.5) is 0 Å². The number of hydrogen-bond acceptors (Lipinski definition) is 1. The van der Waals surface area contributed by atoms with Gasteiger partial charge >= 0.3 is 17.1 Å². The molecule has 0 unspecified atom stereocenters. The summed E-state index contributed by atoms with van der Waals surface area (Å²) in [7, 11) is 0. The fourth-order valence-electron chi connectivity index (χ4n) is 0. The second kappa shape index (κ2) is 4.59. The van der Waals surface area contributed by atoms with E-state index < -0.39 is 11.4 Å². The normalized spacial score (nSPS) is 7.00. The molecule has 0 aliphatic carbocycles. The first kappa shape index (κ1) is 9.14. The van der Waals surface area contributed by atoms with Crippen LogP contribution < -0.4 is 0 Å². The third kappa shape index (κ3) is 88.6. The molecule has 5 heavy (non-hydrogen) atoms. The van der Waals surface area contributed by atoms with Crippen molar-refractivity contribution < 1.29 is 13.3 Å². The first-order valence-electron chi connectivity index (χ1n) is 0.532. The Bertz CT molecular complexity index is 29.9. The van der Waals surface area contributed by atoms with E-state index in [1.807, 2.05) is 0 Å². The van der Waals surface area contributed by atoms with Crippen LogP contribution in [0.15, 0.2) is 0 Å². The third-order valence-corrected chi connectivity index (χ3v) is 0. The molecule has 3 nitrogen and oxygen atoms in total. The molecule has 5 heteroatoms. The van der Waals surface area contributed by atoms with Gasteiger partial charge in [0.2, 0.25) is 0 Å². The van der Waals surface area contributed by atoms with Gasteiger partial charge in [-0.15, -0.1) is 0 Å². The molecule has 0 bridgehead atoms. The van der Waals surface area contributed by atoms with Crippen molar-refractivity contribution in [2.75, 3.05) is 0 Å². The van der Waals surface area contributed by atoms with Crippen LogP contribution >= 0.6 is 0 Å². The van der Waals surface area contributed by atoms with Crippen LogP contribution in [-0.2, 0) is 11.4 Å². The summed E-state index contributed by atoms with van der Waals surface area (Å²) in [5.74, 6) is 0. The average molecular weight is 163 g/mol. The molecule has 2 N–H and O–H groups in total.